The normalized spacial score (nSPS) is 22.7. The summed E-state index contributed by atoms with van der Waals surface area (Å²) in [6, 6.07) is 10.2. The summed E-state index contributed by atoms with van der Waals surface area (Å²) in [4.78, 5) is 26.5. The van der Waals surface area contributed by atoms with E-state index < -0.39 is 29.1 Å². The molecular formula is C20H22N2O6S. The zero-order valence-electron chi connectivity index (χ0n) is 16.2. The van der Waals surface area contributed by atoms with E-state index in [4.69, 9.17) is 9.47 Å². The molecule has 0 unspecified atom stereocenters. The lowest BCUT2D eigenvalue weighted by molar-refractivity contribution is -0.156. The highest BCUT2D eigenvalue weighted by molar-refractivity contribution is 7.93. The molecule has 154 valence electrons. The summed E-state index contributed by atoms with van der Waals surface area (Å²) >= 11 is 0. The van der Waals surface area contributed by atoms with Gasteiger partial charge in [0.25, 0.3) is 15.9 Å². The van der Waals surface area contributed by atoms with Crippen LogP contribution in [0, 0.1) is 0 Å². The molecule has 0 spiro atoms. The molecule has 1 fully saturated rings. The first-order valence-corrected chi connectivity index (χ1v) is 10.8. The van der Waals surface area contributed by atoms with E-state index in [0.29, 0.717) is 24.2 Å². The summed E-state index contributed by atoms with van der Waals surface area (Å²) in [5.41, 5.74) is 0.442. The minimum absolute atomic E-state index is 0.0906. The van der Waals surface area contributed by atoms with Crippen molar-refractivity contribution in [3.63, 3.8) is 0 Å². The second-order valence-corrected chi connectivity index (χ2v) is 9.19. The smallest absolute Gasteiger partial charge is 0.327 e. The third-order valence-electron chi connectivity index (χ3n) is 5.08. The summed E-state index contributed by atoms with van der Waals surface area (Å²) in [6.07, 6.45) is -0.181. The van der Waals surface area contributed by atoms with E-state index >= 15 is 0 Å². The molecule has 8 nitrogen and oxygen atoms in total. The maximum atomic E-state index is 12.9. The molecule has 1 amide bonds. The van der Waals surface area contributed by atoms with Crippen molar-refractivity contribution in [1.29, 1.82) is 0 Å². The number of ether oxygens (including phenoxy) is 2. The number of sulfonamides is 1. The first kappa shape index (κ1) is 19.7. The Morgan fingerprint density at radius 2 is 1.76 bits per heavy atom. The lowest BCUT2D eigenvalue weighted by Crippen LogP contribution is -2.49. The van der Waals surface area contributed by atoms with Crippen LogP contribution in [-0.4, -0.2) is 63.6 Å². The van der Waals surface area contributed by atoms with Crippen molar-refractivity contribution >= 4 is 38.4 Å². The zero-order chi connectivity index (χ0) is 20.8. The number of hydrogen-bond donors (Lipinski definition) is 0. The van der Waals surface area contributed by atoms with E-state index in [9.17, 15) is 18.0 Å². The van der Waals surface area contributed by atoms with Gasteiger partial charge in [-0.05, 0) is 31.4 Å². The van der Waals surface area contributed by atoms with Crippen LogP contribution in [-0.2, 0) is 29.1 Å². The minimum Gasteiger partial charge on any atom is -0.454 e. The second-order valence-electron chi connectivity index (χ2n) is 7.36. The van der Waals surface area contributed by atoms with Crippen LogP contribution in [0.2, 0.25) is 0 Å². The average molecular weight is 418 g/mol. The quantitative estimate of drug-likeness (QED) is 0.699. The molecule has 4 rings (SSSR count). The van der Waals surface area contributed by atoms with Gasteiger partial charge in [0.15, 0.2) is 6.61 Å². The van der Waals surface area contributed by atoms with Gasteiger partial charge < -0.3 is 14.4 Å². The molecule has 1 saturated heterocycles. The molecule has 2 aliphatic rings. The van der Waals surface area contributed by atoms with Crippen LogP contribution in [0.5, 0.6) is 0 Å². The lowest BCUT2D eigenvalue weighted by atomic mass is 10.1. The number of benzene rings is 2. The molecule has 2 heterocycles. The molecular weight excluding hydrogens is 396 g/mol. The number of hydrogen-bond acceptors (Lipinski definition) is 6. The predicted molar refractivity (Wildman–Crippen MR) is 106 cm³/mol. The Morgan fingerprint density at radius 3 is 2.45 bits per heavy atom. The number of nitrogens with zero attached hydrogens (tertiary/aromatic N) is 2. The molecule has 0 bridgehead atoms. The van der Waals surface area contributed by atoms with Crippen LogP contribution < -0.4 is 4.31 Å². The minimum atomic E-state index is -3.85. The number of amides is 1. The molecule has 0 saturated carbocycles. The van der Waals surface area contributed by atoms with E-state index in [0.717, 1.165) is 9.69 Å². The fourth-order valence-electron chi connectivity index (χ4n) is 3.91. The number of esters is 1. The largest absolute Gasteiger partial charge is 0.454 e. The van der Waals surface area contributed by atoms with Crippen molar-refractivity contribution in [3.05, 3.63) is 36.4 Å². The van der Waals surface area contributed by atoms with Gasteiger partial charge in [-0.2, -0.15) is 0 Å². The average Bonchev–Trinajstić information content (AvgIpc) is 2.89. The van der Waals surface area contributed by atoms with Gasteiger partial charge in [0.2, 0.25) is 0 Å². The number of carbonyl (C=O) groups is 2. The third-order valence-corrected chi connectivity index (χ3v) is 6.88. The summed E-state index contributed by atoms with van der Waals surface area (Å²) in [5, 5.41) is 1.38. The molecule has 2 atom stereocenters. The van der Waals surface area contributed by atoms with Crippen LogP contribution in [0.15, 0.2) is 41.3 Å². The molecule has 2 aromatic rings. The Morgan fingerprint density at radius 1 is 1.10 bits per heavy atom. The molecule has 9 heteroatoms. The number of morpholine rings is 1. The molecule has 0 radical (unpaired) electrons. The van der Waals surface area contributed by atoms with E-state index in [1.807, 2.05) is 26.0 Å². The Kier molecular flexibility index (Phi) is 4.95. The first-order valence-electron chi connectivity index (χ1n) is 9.40. The molecule has 2 aromatic carbocycles. The molecule has 0 aliphatic carbocycles. The highest BCUT2D eigenvalue weighted by Crippen LogP contribution is 2.41. The maximum Gasteiger partial charge on any atom is 0.327 e. The van der Waals surface area contributed by atoms with Gasteiger partial charge in [0.1, 0.15) is 6.54 Å². The van der Waals surface area contributed by atoms with Gasteiger partial charge in [0.05, 0.1) is 22.8 Å². The topological polar surface area (TPSA) is 93.2 Å². The standard InChI is InChI=1S/C20H22N2O6S/c1-13-9-21(10-14(2)28-13)18(23)12-27-19(24)11-22-16-7-3-5-15-6-4-8-17(20(15)16)29(22,25)26/h3-8,13-14H,9-12H2,1-2H3/t13-,14-/m0/s1. The van der Waals surface area contributed by atoms with Crippen LogP contribution >= 0.6 is 0 Å². The van der Waals surface area contributed by atoms with Gasteiger partial charge in [-0.25, -0.2) is 8.42 Å². The van der Waals surface area contributed by atoms with Crippen molar-refractivity contribution in [1.82, 2.24) is 4.90 Å². The second kappa shape index (κ2) is 7.31. The summed E-state index contributed by atoms with van der Waals surface area (Å²) in [6.45, 7) is 3.69. The van der Waals surface area contributed by atoms with Crippen molar-refractivity contribution in [3.8, 4) is 0 Å². The molecule has 2 aliphatic heterocycles. The molecule has 29 heavy (non-hydrogen) atoms. The molecule has 0 aromatic heterocycles. The summed E-state index contributed by atoms with van der Waals surface area (Å²) in [7, 11) is -3.85. The third kappa shape index (κ3) is 3.56. The fourth-order valence-corrected chi connectivity index (χ4v) is 5.56. The van der Waals surface area contributed by atoms with Crippen molar-refractivity contribution < 1.29 is 27.5 Å². The van der Waals surface area contributed by atoms with Gasteiger partial charge in [0, 0.05) is 18.5 Å². The predicted octanol–water partition coefficient (Wildman–Crippen LogP) is 1.53. The maximum absolute atomic E-state index is 12.9. The fraction of sp³-hybridized carbons (Fsp3) is 0.400. The Labute approximate surface area is 169 Å². The van der Waals surface area contributed by atoms with Gasteiger partial charge >= 0.3 is 5.97 Å². The summed E-state index contributed by atoms with van der Waals surface area (Å²) < 4.78 is 37.5. The number of carbonyl (C=O) groups excluding carboxylic acids is 2. The van der Waals surface area contributed by atoms with Gasteiger partial charge in [-0.15, -0.1) is 0 Å². The monoisotopic (exact) mass is 418 g/mol. The highest BCUT2D eigenvalue weighted by atomic mass is 32.2. The van der Waals surface area contributed by atoms with E-state index in [1.165, 1.54) is 6.07 Å². The lowest BCUT2D eigenvalue weighted by Gasteiger charge is -2.35. The van der Waals surface area contributed by atoms with Crippen molar-refractivity contribution in [2.75, 3.05) is 30.5 Å². The van der Waals surface area contributed by atoms with Gasteiger partial charge in [-0.1, -0.05) is 24.3 Å². The van der Waals surface area contributed by atoms with Crippen LogP contribution in [0.1, 0.15) is 13.8 Å². The van der Waals surface area contributed by atoms with E-state index in [-0.39, 0.29) is 23.0 Å². The summed E-state index contributed by atoms with van der Waals surface area (Å²) in [5.74, 6) is -1.10. The van der Waals surface area contributed by atoms with Crippen LogP contribution in [0.4, 0.5) is 5.69 Å². The van der Waals surface area contributed by atoms with Crippen molar-refractivity contribution in [2.24, 2.45) is 0 Å². The Balaban J connectivity index is 1.44. The Bertz CT molecular complexity index is 1070. The zero-order valence-corrected chi connectivity index (χ0v) is 17.0. The van der Waals surface area contributed by atoms with E-state index in [2.05, 4.69) is 0 Å². The molecule has 0 N–H and O–H groups in total. The van der Waals surface area contributed by atoms with Crippen LogP contribution in [0.25, 0.3) is 10.8 Å². The number of rotatable bonds is 4. The first-order chi connectivity index (χ1) is 13.8. The SMILES string of the molecule is C[C@H]1CN(C(=O)COC(=O)CN2c3cccc4cccc(c34)S2(=O)=O)C[C@H](C)O1. The van der Waals surface area contributed by atoms with Crippen LogP contribution in [0.3, 0.4) is 0 Å². The van der Waals surface area contributed by atoms with E-state index in [1.54, 1.807) is 23.1 Å². The Hall–Kier alpha value is -2.65. The van der Waals surface area contributed by atoms with Gasteiger partial charge in [-0.3, -0.25) is 13.9 Å². The highest BCUT2D eigenvalue weighted by Gasteiger charge is 2.37. The van der Waals surface area contributed by atoms with Crippen molar-refractivity contribution in [2.45, 2.75) is 31.0 Å². The number of anilines is 1.